The van der Waals surface area contributed by atoms with Gasteiger partial charge in [-0.1, -0.05) is 23.7 Å². The standard InChI is InChI=1S/C19H20ClNO5/c1-25-15-7-8-17(26-2)16(11-15)21-19(24)13(10-18(22)23)9-12-3-5-14(20)6-4-12/h3-8,11,13H,9-10H2,1-2H3,(H,21,24)(H,22,23)/t13-/m1/s1. The van der Waals surface area contributed by atoms with Crippen molar-refractivity contribution in [2.24, 2.45) is 5.92 Å². The Balaban J connectivity index is 2.21. The average molecular weight is 378 g/mol. The lowest BCUT2D eigenvalue weighted by molar-refractivity contribution is -0.140. The van der Waals surface area contributed by atoms with E-state index >= 15 is 0 Å². The molecule has 0 heterocycles. The molecule has 0 bridgehead atoms. The number of benzene rings is 2. The van der Waals surface area contributed by atoms with Crippen LogP contribution in [0.3, 0.4) is 0 Å². The second-order valence-electron chi connectivity index (χ2n) is 5.68. The van der Waals surface area contributed by atoms with Crippen molar-refractivity contribution in [3.8, 4) is 11.5 Å². The molecule has 6 nitrogen and oxygen atoms in total. The van der Waals surface area contributed by atoms with Crippen LogP contribution in [0.1, 0.15) is 12.0 Å². The van der Waals surface area contributed by atoms with Gasteiger partial charge in [0.05, 0.1) is 32.2 Å². The highest BCUT2D eigenvalue weighted by Gasteiger charge is 2.23. The molecule has 0 unspecified atom stereocenters. The number of nitrogens with one attached hydrogen (secondary N) is 1. The fourth-order valence-corrected chi connectivity index (χ4v) is 2.65. The molecule has 7 heteroatoms. The first-order chi connectivity index (χ1) is 12.4. The van der Waals surface area contributed by atoms with E-state index in [2.05, 4.69) is 5.32 Å². The highest BCUT2D eigenvalue weighted by molar-refractivity contribution is 6.30. The Labute approximate surface area is 156 Å². The maximum atomic E-state index is 12.7. The topological polar surface area (TPSA) is 84.9 Å². The fraction of sp³-hybridized carbons (Fsp3) is 0.263. The lowest BCUT2D eigenvalue weighted by atomic mass is 9.95. The molecule has 0 aliphatic rings. The summed E-state index contributed by atoms with van der Waals surface area (Å²) in [5.41, 5.74) is 1.25. The molecule has 0 saturated heterocycles. The predicted octanol–water partition coefficient (Wildman–Crippen LogP) is 3.63. The summed E-state index contributed by atoms with van der Waals surface area (Å²) in [7, 11) is 3.00. The van der Waals surface area contributed by atoms with Crippen LogP contribution in [0.25, 0.3) is 0 Å². The smallest absolute Gasteiger partial charge is 0.304 e. The number of carboxylic acid groups (broad SMARTS) is 1. The number of anilines is 1. The molecule has 1 atom stereocenters. The first-order valence-corrected chi connectivity index (χ1v) is 8.30. The summed E-state index contributed by atoms with van der Waals surface area (Å²) < 4.78 is 10.4. The van der Waals surface area contributed by atoms with Crippen molar-refractivity contribution in [1.29, 1.82) is 0 Å². The number of aliphatic carboxylic acids is 1. The van der Waals surface area contributed by atoms with Gasteiger partial charge in [0.1, 0.15) is 11.5 Å². The van der Waals surface area contributed by atoms with Gasteiger partial charge in [-0.15, -0.1) is 0 Å². The van der Waals surface area contributed by atoms with Crippen molar-refractivity contribution in [3.63, 3.8) is 0 Å². The average Bonchev–Trinajstić information content (AvgIpc) is 2.62. The number of carboxylic acids is 1. The third-order valence-electron chi connectivity index (χ3n) is 3.85. The van der Waals surface area contributed by atoms with E-state index in [1.54, 1.807) is 42.5 Å². The first-order valence-electron chi connectivity index (χ1n) is 7.92. The van der Waals surface area contributed by atoms with Crippen molar-refractivity contribution in [2.75, 3.05) is 19.5 Å². The molecule has 0 radical (unpaired) electrons. The number of rotatable bonds is 8. The summed E-state index contributed by atoms with van der Waals surface area (Å²) in [6, 6.07) is 12.0. The monoisotopic (exact) mass is 377 g/mol. The molecule has 26 heavy (non-hydrogen) atoms. The molecule has 1 amide bonds. The number of methoxy groups -OCH3 is 2. The van der Waals surface area contributed by atoms with Crippen LogP contribution in [0.5, 0.6) is 11.5 Å². The summed E-state index contributed by atoms with van der Waals surface area (Å²) in [5, 5.41) is 12.5. The van der Waals surface area contributed by atoms with E-state index in [1.165, 1.54) is 14.2 Å². The predicted molar refractivity (Wildman–Crippen MR) is 99.1 cm³/mol. The molecule has 0 saturated carbocycles. The van der Waals surface area contributed by atoms with Crippen LogP contribution in [0.4, 0.5) is 5.69 Å². The van der Waals surface area contributed by atoms with Gasteiger partial charge in [-0.05, 0) is 36.2 Å². The number of halogens is 1. The molecule has 2 aromatic rings. The second kappa shape index (κ2) is 9.10. The van der Waals surface area contributed by atoms with E-state index in [4.69, 9.17) is 26.2 Å². The Morgan fingerprint density at radius 2 is 1.81 bits per heavy atom. The molecule has 0 aromatic heterocycles. The minimum absolute atomic E-state index is 0.279. The molecule has 2 rings (SSSR count). The second-order valence-corrected chi connectivity index (χ2v) is 6.12. The molecule has 138 valence electrons. The highest BCUT2D eigenvalue weighted by Crippen LogP contribution is 2.30. The number of carbonyl (C=O) groups is 2. The normalized spacial score (nSPS) is 11.5. The van der Waals surface area contributed by atoms with Crippen molar-refractivity contribution >= 4 is 29.2 Å². The molecule has 0 fully saturated rings. The van der Waals surface area contributed by atoms with Gasteiger partial charge in [-0.3, -0.25) is 9.59 Å². The van der Waals surface area contributed by atoms with E-state index in [1.807, 2.05) is 0 Å². The van der Waals surface area contributed by atoms with Gasteiger partial charge in [0, 0.05) is 11.1 Å². The molecule has 0 aliphatic heterocycles. The van der Waals surface area contributed by atoms with Crippen LogP contribution >= 0.6 is 11.6 Å². The quantitative estimate of drug-likeness (QED) is 0.733. The Bertz CT molecular complexity index is 776. The number of amides is 1. The van der Waals surface area contributed by atoms with Crippen molar-refractivity contribution in [2.45, 2.75) is 12.8 Å². The van der Waals surface area contributed by atoms with Gasteiger partial charge in [-0.25, -0.2) is 0 Å². The lowest BCUT2D eigenvalue weighted by Gasteiger charge is -2.17. The van der Waals surface area contributed by atoms with Gasteiger partial charge in [0.25, 0.3) is 0 Å². The van der Waals surface area contributed by atoms with Crippen LogP contribution in [-0.2, 0) is 16.0 Å². The van der Waals surface area contributed by atoms with Gasteiger partial charge in [-0.2, -0.15) is 0 Å². The van der Waals surface area contributed by atoms with Crippen molar-refractivity contribution in [1.82, 2.24) is 0 Å². The highest BCUT2D eigenvalue weighted by atomic mass is 35.5. The van der Waals surface area contributed by atoms with E-state index in [9.17, 15) is 9.59 Å². The third-order valence-corrected chi connectivity index (χ3v) is 4.10. The Morgan fingerprint density at radius 1 is 1.12 bits per heavy atom. The van der Waals surface area contributed by atoms with E-state index in [0.717, 1.165) is 5.56 Å². The molecular formula is C19H20ClNO5. The zero-order valence-electron chi connectivity index (χ0n) is 14.5. The summed E-state index contributed by atoms with van der Waals surface area (Å²) in [6.45, 7) is 0. The van der Waals surface area contributed by atoms with E-state index in [-0.39, 0.29) is 12.8 Å². The SMILES string of the molecule is COc1ccc(OC)c(NC(=O)[C@@H](CC(=O)O)Cc2ccc(Cl)cc2)c1. The lowest BCUT2D eigenvalue weighted by Crippen LogP contribution is -2.27. The summed E-state index contributed by atoms with van der Waals surface area (Å²) >= 11 is 5.87. The largest absolute Gasteiger partial charge is 0.497 e. The summed E-state index contributed by atoms with van der Waals surface area (Å²) in [5.74, 6) is -1.19. The van der Waals surface area contributed by atoms with Gasteiger partial charge < -0.3 is 19.9 Å². The molecule has 2 aromatic carbocycles. The van der Waals surface area contributed by atoms with Crippen LogP contribution < -0.4 is 14.8 Å². The van der Waals surface area contributed by atoms with Crippen LogP contribution in [0.2, 0.25) is 5.02 Å². The Kier molecular flexibility index (Phi) is 6.86. The van der Waals surface area contributed by atoms with Gasteiger partial charge in [0.2, 0.25) is 5.91 Å². The fourth-order valence-electron chi connectivity index (χ4n) is 2.52. The van der Waals surface area contributed by atoms with Gasteiger partial charge in [0.15, 0.2) is 0 Å². The molecular weight excluding hydrogens is 358 g/mol. The molecule has 0 aliphatic carbocycles. The van der Waals surface area contributed by atoms with E-state index in [0.29, 0.717) is 22.2 Å². The number of carbonyl (C=O) groups excluding carboxylic acids is 1. The van der Waals surface area contributed by atoms with Crippen molar-refractivity contribution in [3.05, 3.63) is 53.1 Å². The zero-order valence-corrected chi connectivity index (χ0v) is 15.2. The van der Waals surface area contributed by atoms with Gasteiger partial charge >= 0.3 is 5.97 Å². The van der Waals surface area contributed by atoms with Crippen LogP contribution in [0.15, 0.2) is 42.5 Å². The molecule has 0 spiro atoms. The maximum absolute atomic E-state index is 12.7. The maximum Gasteiger partial charge on any atom is 0.304 e. The molecule has 2 N–H and O–H groups in total. The van der Waals surface area contributed by atoms with Crippen LogP contribution in [-0.4, -0.2) is 31.2 Å². The number of hydrogen-bond donors (Lipinski definition) is 2. The number of hydrogen-bond acceptors (Lipinski definition) is 4. The third kappa shape index (κ3) is 5.39. The summed E-state index contributed by atoms with van der Waals surface area (Å²) in [6.07, 6.45) is -0.0116. The first kappa shape index (κ1) is 19.6. The Morgan fingerprint density at radius 3 is 2.38 bits per heavy atom. The van der Waals surface area contributed by atoms with E-state index < -0.39 is 17.8 Å². The zero-order chi connectivity index (χ0) is 19.1. The minimum Gasteiger partial charge on any atom is -0.497 e. The summed E-state index contributed by atoms with van der Waals surface area (Å²) in [4.78, 5) is 23.9. The number of ether oxygens (including phenoxy) is 2. The Hall–Kier alpha value is -2.73. The van der Waals surface area contributed by atoms with Crippen molar-refractivity contribution < 1.29 is 24.2 Å². The van der Waals surface area contributed by atoms with Crippen LogP contribution in [0, 0.1) is 5.92 Å². The minimum atomic E-state index is -1.04.